The molecule has 0 bridgehead atoms. The maximum absolute atomic E-state index is 5.89. The Kier molecular flexibility index (Phi) is 2.28. The van der Waals surface area contributed by atoms with Gasteiger partial charge >= 0.3 is 0 Å². The van der Waals surface area contributed by atoms with Crippen molar-refractivity contribution >= 4 is 0 Å². The van der Waals surface area contributed by atoms with E-state index < -0.39 is 0 Å². The number of hydrogen-bond donors (Lipinski definition) is 1. The van der Waals surface area contributed by atoms with Crippen LogP contribution < -0.4 is 15.2 Å². The van der Waals surface area contributed by atoms with Crippen LogP contribution in [0.2, 0.25) is 0 Å². The van der Waals surface area contributed by atoms with E-state index in [9.17, 15) is 0 Å². The summed E-state index contributed by atoms with van der Waals surface area (Å²) in [4.78, 5) is 0. The van der Waals surface area contributed by atoms with Gasteiger partial charge in [-0.15, -0.1) is 0 Å². The minimum absolute atomic E-state index is 0.321. The van der Waals surface area contributed by atoms with Gasteiger partial charge in [0.2, 0.25) is 6.79 Å². The van der Waals surface area contributed by atoms with Crippen LogP contribution in [0.5, 0.6) is 11.5 Å². The third-order valence-corrected chi connectivity index (χ3v) is 3.89. The second-order valence-corrected chi connectivity index (χ2v) is 4.89. The maximum Gasteiger partial charge on any atom is 0.231 e. The Balaban J connectivity index is 1.87. The number of nitrogens with two attached hydrogens (primary N) is 1. The number of benzene rings is 1. The molecule has 16 heavy (non-hydrogen) atoms. The molecule has 1 aliphatic carbocycles. The lowest BCUT2D eigenvalue weighted by molar-refractivity contribution is 0.141. The van der Waals surface area contributed by atoms with Crippen LogP contribution in [-0.4, -0.2) is 13.3 Å². The lowest BCUT2D eigenvalue weighted by atomic mass is 9.65. The van der Waals surface area contributed by atoms with E-state index in [0.29, 0.717) is 12.2 Å². The first-order valence-electron chi connectivity index (χ1n) is 5.91. The van der Waals surface area contributed by atoms with Crippen LogP contribution in [0.4, 0.5) is 0 Å². The Bertz CT molecular complexity index is 393. The van der Waals surface area contributed by atoms with Gasteiger partial charge in [0.15, 0.2) is 11.5 Å². The molecule has 2 aliphatic rings. The van der Waals surface area contributed by atoms with E-state index in [1.54, 1.807) is 0 Å². The van der Waals surface area contributed by atoms with E-state index >= 15 is 0 Å². The number of rotatable bonds is 3. The lowest BCUT2D eigenvalue weighted by Gasteiger charge is -2.41. The van der Waals surface area contributed by atoms with E-state index in [4.69, 9.17) is 15.2 Å². The highest BCUT2D eigenvalue weighted by molar-refractivity contribution is 5.48. The minimum atomic E-state index is 0.321. The molecule has 1 aromatic rings. The average Bonchev–Trinajstić information content (AvgIpc) is 2.72. The Morgan fingerprint density at radius 2 is 2.12 bits per heavy atom. The van der Waals surface area contributed by atoms with Gasteiger partial charge in [0.1, 0.15) is 0 Å². The summed E-state index contributed by atoms with van der Waals surface area (Å²) in [6.07, 6.45) is 4.82. The summed E-state index contributed by atoms with van der Waals surface area (Å²) in [5, 5.41) is 0. The van der Waals surface area contributed by atoms with Gasteiger partial charge in [0.25, 0.3) is 0 Å². The molecular weight excluding hydrogens is 202 g/mol. The molecule has 1 heterocycles. The van der Waals surface area contributed by atoms with Gasteiger partial charge < -0.3 is 15.2 Å². The van der Waals surface area contributed by atoms with Crippen molar-refractivity contribution in [2.75, 3.05) is 13.3 Å². The quantitative estimate of drug-likeness (QED) is 0.846. The van der Waals surface area contributed by atoms with Crippen molar-refractivity contribution in [1.29, 1.82) is 0 Å². The van der Waals surface area contributed by atoms with Gasteiger partial charge in [-0.3, -0.25) is 0 Å². The monoisotopic (exact) mass is 219 g/mol. The summed E-state index contributed by atoms with van der Waals surface area (Å²) in [6, 6.07) is 6.12. The van der Waals surface area contributed by atoms with Crippen molar-refractivity contribution in [1.82, 2.24) is 0 Å². The molecule has 0 atom stereocenters. The van der Waals surface area contributed by atoms with Crippen LogP contribution >= 0.6 is 0 Å². The van der Waals surface area contributed by atoms with Crippen molar-refractivity contribution in [3.63, 3.8) is 0 Å². The standard InChI is InChI=1S/C13H17NO2/c14-8-13(5-2-6-13)7-10-3-1-4-11-12(10)16-9-15-11/h1,3-4H,2,5-9,14H2. The van der Waals surface area contributed by atoms with Crippen LogP contribution in [-0.2, 0) is 6.42 Å². The fourth-order valence-corrected chi connectivity index (χ4v) is 2.66. The predicted molar refractivity (Wildman–Crippen MR) is 61.6 cm³/mol. The highest BCUT2D eigenvalue weighted by Gasteiger charge is 2.36. The van der Waals surface area contributed by atoms with Crippen LogP contribution in [0.3, 0.4) is 0 Å². The molecule has 0 aromatic heterocycles. The number of hydrogen-bond acceptors (Lipinski definition) is 3. The first-order valence-corrected chi connectivity index (χ1v) is 5.91. The topological polar surface area (TPSA) is 44.5 Å². The van der Waals surface area contributed by atoms with Crippen molar-refractivity contribution < 1.29 is 9.47 Å². The van der Waals surface area contributed by atoms with E-state index in [0.717, 1.165) is 24.5 Å². The molecule has 3 nitrogen and oxygen atoms in total. The summed E-state index contributed by atoms with van der Waals surface area (Å²) >= 11 is 0. The zero-order valence-electron chi connectivity index (χ0n) is 9.37. The first-order chi connectivity index (χ1) is 7.83. The molecule has 1 fully saturated rings. The number of ether oxygens (including phenoxy) is 2. The smallest absolute Gasteiger partial charge is 0.231 e. The summed E-state index contributed by atoms with van der Waals surface area (Å²) in [5.74, 6) is 1.81. The Labute approximate surface area is 95.5 Å². The molecule has 3 heteroatoms. The predicted octanol–water partition coefficient (Wildman–Crippen LogP) is 2.09. The van der Waals surface area contributed by atoms with Gasteiger partial charge in [0, 0.05) is 0 Å². The highest BCUT2D eigenvalue weighted by atomic mass is 16.7. The largest absolute Gasteiger partial charge is 0.454 e. The zero-order valence-corrected chi connectivity index (χ0v) is 9.37. The molecule has 2 N–H and O–H groups in total. The Hall–Kier alpha value is -1.22. The van der Waals surface area contributed by atoms with Crippen molar-refractivity contribution in [3.8, 4) is 11.5 Å². The Morgan fingerprint density at radius 1 is 1.25 bits per heavy atom. The van der Waals surface area contributed by atoms with Gasteiger partial charge in [-0.05, 0) is 42.9 Å². The van der Waals surface area contributed by atoms with Crippen molar-refractivity contribution in [3.05, 3.63) is 23.8 Å². The minimum Gasteiger partial charge on any atom is -0.454 e. The van der Waals surface area contributed by atoms with Crippen molar-refractivity contribution in [2.24, 2.45) is 11.1 Å². The highest BCUT2D eigenvalue weighted by Crippen LogP contribution is 2.46. The fraction of sp³-hybridized carbons (Fsp3) is 0.538. The molecule has 3 rings (SSSR count). The van der Waals surface area contributed by atoms with Crippen LogP contribution in [0.1, 0.15) is 24.8 Å². The summed E-state index contributed by atoms with van der Waals surface area (Å²) < 4.78 is 10.9. The molecule has 0 spiro atoms. The first kappa shape index (κ1) is 9.97. The molecule has 86 valence electrons. The molecular formula is C13H17NO2. The number of para-hydroxylation sites is 1. The SMILES string of the molecule is NCC1(Cc2cccc3c2OCO3)CCC1. The molecule has 0 amide bonds. The second kappa shape index (κ2) is 3.67. The molecule has 0 saturated heterocycles. The molecule has 0 unspecified atom stereocenters. The summed E-state index contributed by atoms with van der Waals surface area (Å²) in [6.45, 7) is 1.12. The number of fused-ring (bicyclic) bond motifs is 1. The third-order valence-electron chi connectivity index (χ3n) is 3.89. The third kappa shape index (κ3) is 1.47. The van der Waals surface area contributed by atoms with Gasteiger partial charge in [0.05, 0.1) is 0 Å². The maximum atomic E-state index is 5.89. The van der Waals surface area contributed by atoms with Gasteiger partial charge in [-0.25, -0.2) is 0 Å². The van der Waals surface area contributed by atoms with Crippen molar-refractivity contribution in [2.45, 2.75) is 25.7 Å². The fourth-order valence-electron chi connectivity index (χ4n) is 2.66. The Morgan fingerprint density at radius 3 is 2.81 bits per heavy atom. The summed E-state index contributed by atoms with van der Waals surface area (Å²) in [7, 11) is 0. The average molecular weight is 219 g/mol. The molecule has 1 saturated carbocycles. The van der Waals surface area contributed by atoms with Crippen LogP contribution in [0.25, 0.3) is 0 Å². The zero-order chi connectivity index (χ0) is 11.0. The van der Waals surface area contributed by atoms with E-state index in [1.165, 1.54) is 24.8 Å². The second-order valence-electron chi connectivity index (χ2n) is 4.89. The summed E-state index contributed by atoms with van der Waals surface area (Å²) in [5.41, 5.74) is 7.46. The van der Waals surface area contributed by atoms with E-state index in [1.807, 2.05) is 12.1 Å². The van der Waals surface area contributed by atoms with E-state index in [2.05, 4.69) is 6.07 Å². The lowest BCUT2D eigenvalue weighted by Crippen LogP contribution is -2.39. The molecule has 0 radical (unpaired) electrons. The van der Waals surface area contributed by atoms with Gasteiger partial charge in [-0.2, -0.15) is 0 Å². The molecule has 1 aliphatic heterocycles. The normalized spacial score (nSPS) is 20.6. The van der Waals surface area contributed by atoms with Crippen LogP contribution in [0, 0.1) is 5.41 Å². The molecule has 1 aromatic carbocycles. The van der Waals surface area contributed by atoms with Gasteiger partial charge in [-0.1, -0.05) is 18.6 Å². The van der Waals surface area contributed by atoms with Crippen LogP contribution in [0.15, 0.2) is 18.2 Å². The van der Waals surface area contributed by atoms with E-state index in [-0.39, 0.29) is 0 Å².